The van der Waals surface area contributed by atoms with Crippen LogP contribution in [0.4, 0.5) is 5.82 Å². The number of halogens is 1. The highest BCUT2D eigenvalue weighted by atomic mass is 79.9. The van der Waals surface area contributed by atoms with Crippen LogP contribution in [0.2, 0.25) is 0 Å². The number of pyridine rings is 1. The molecule has 0 saturated carbocycles. The van der Waals surface area contributed by atoms with Gasteiger partial charge in [0, 0.05) is 23.8 Å². The topological polar surface area (TPSA) is 46.2 Å². The summed E-state index contributed by atoms with van der Waals surface area (Å²) in [6.45, 7) is 3.63. The zero-order valence-corrected chi connectivity index (χ0v) is 12.6. The van der Waals surface area contributed by atoms with E-state index in [1.165, 1.54) is 0 Å². The molecular weight excluding hydrogens is 314 g/mol. The molecule has 0 unspecified atom stereocenters. The van der Waals surface area contributed by atoms with Gasteiger partial charge in [-0.2, -0.15) is 0 Å². The Morgan fingerprint density at radius 3 is 3.17 bits per heavy atom. The van der Waals surface area contributed by atoms with Crippen molar-refractivity contribution in [3.63, 3.8) is 0 Å². The molecule has 0 spiro atoms. The number of rotatable bonds is 3. The summed E-state index contributed by atoms with van der Waals surface area (Å²) in [6, 6.07) is 1.95. The maximum Gasteiger partial charge on any atom is 0.172 e. The third-order valence-corrected chi connectivity index (χ3v) is 3.88. The van der Waals surface area contributed by atoms with E-state index in [-0.39, 0.29) is 6.10 Å². The second-order valence-corrected chi connectivity index (χ2v) is 5.55. The van der Waals surface area contributed by atoms with Crippen molar-refractivity contribution in [1.29, 1.82) is 0 Å². The standard InChI is InChI=1S/C12H16BrN3OS/c1-8-5-11(14-7-10(8)13)16-12(18)15-6-9-3-2-4-17-9/h5,7,9H,2-4,6H2,1H3,(H2,14,15,16,18)/t9-/m1/s1. The fourth-order valence-electron chi connectivity index (χ4n) is 1.78. The molecule has 2 heterocycles. The lowest BCUT2D eigenvalue weighted by molar-refractivity contribution is 0.114. The van der Waals surface area contributed by atoms with E-state index in [1.807, 2.05) is 13.0 Å². The SMILES string of the molecule is Cc1cc(NC(=S)NC[C@H]2CCCO2)ncc1Br. The van der Waals surface area contributed by atoms with Crippen LogP contribution in [0.15, 0.2) is 16.7 Å². The van der Waals surface area contributed by atoms with Crippen molar-refractivity contribution >= 4 is 39.1 Å². The molecule has 98 valence electrons. The number of nitrogens with zero attached hydrogens (tertiary/aromatic N) is 1. The third-order valence-electron chi connectivity index (χ3n) is 2.80. The van der Waals surface area contributed by atoms with Crippen LogP contribution in [0.1, 0.15) is 18.4 Å². The number of nitrogens with one attached hydrogen (secondary N) is 2. The summed E-state index contributed by atoms with van der Waals surface area (Å²) < 4.78 is 6.51. The van der Waals surface area contributed by atoms with Crippen LogP contribution in [0.25, 0.3) is 0 Å². The normalized spacial score (nSPS) is 18.7. The molecule has 0 aromatic carbocycles. The number of aromatic nitrogens is 1. The van der Waals surface area contributed by atoms with Crippen LogP contribution in [0.3, 0.4) is 0 Å². The minimum Gasteiger partial charge on any atom is -0.376 e. The van der Waals surface area contributed by atoms with Crippen LogP contribution in [-0.4, -0.2) is 29.4 Å². The Kier molecular flexibility index (Phi) is 4.91. The molecule has 1 saturated heterocycles. The molecule has 1 aromatic heterocycles. The summed E-state index contributed by atoms with van der Waals surface area (Å²) in [6.07, 6.45) is 4.29. The summed E-state index contributed by atoms with van der Waals surface area (Å²) in [5.41, 5.74) is 1.12. The molecule has 18 heavy (non-hydrogen) atoms. The van der Waals surface area contributed by atoms with Gasteiger partial charge < -0.3 is 15.4 Å². The highest BCUT2D eigenvalue weighted by molar-refractivity contribution is 9.10. The Bertz CT molecular complexity index is 435. The van der Waals surface area contributed by atoms with Crippen molar-refractivity contribution in [2.75, 3.05) is 18.5 Å². The third kappa shape index (κ3) is 3.90. The number of hydrogen-bond donors (Lipinski definition) is 2. The minimum atomic E-state index is 0.282. The second-order valence-electron chi connectivity index (χ2n) is 4.29. The molecule has 6 heteroatoms. The summed E-state index contributed by atoms with van der Waals surface area (Å²) in [5.74, 6) is 0.751. The van der Waals surface area contributed by atoms with Gasteiger partial charge in [0.1, 0.15) is 5.82 Å². The van der Waals surface area contributed by atoms with E-state index in [1.54, 1.807) is 6.20 Å². The van der Waals surface area contributed by atoms with Crippen LogP contribution in [0.5, 0.6) is 0 Å². The first-order valence-corrected chi connectivity index (χ1v) is 7.14. The van der Waals surface area contributed by atoms with Gasteiger partial charge in [-0.25, -0.2) is 4.98 Å². The molecular formula is C12H16BrN3OS. The lowest BCUT2D eigenvalue weighted by Crippen LogP contribution is -2.35. The first kappa shape index (κ1) is 13.7. The molecule has 1 fully saturated rings. The molecule has 0 bridgehead atoms. The maximum absolute atomic E-state index is 5.52. The number of thiocarbonyl (C=S) groups is 1. The molecule has 1 aromatic rings. The van der Waals surface area contributed by atoms with Gasteiger partial charge in [0.05, 0.1) is 6.10 Å². The molecule has 4 nitrogen and oxygen atoms in total. The molecule has 0 amide bonds. The molecule has 2 N–H and O–H groups in total. The zero-order valence-electron chi connectivity index (χ0n) is 10.2. The van der Waals surface area contributed by atoms with Crippen LogP contribution >= 0.6 is 28.1 Å². The fourth-order valence-corrected chi connectivity index (χ4v) is 2.18. The van der Waals surface area contributed by atoms with Gasteiger partial charge in [0.2, 0.25) is 0 Å². The molecule has 0 radical (unpaired) electrons. The summed E-state index contributed by atoms with van der Waals surface area (Å²) in [7, 11) is 0. The Hall–Kier alpha value is -0.720. The number of ether oxygens (including phenoxy) is 1. The van der Waals surface area contributed by atoms with Crippen LogP contribution in [0, 0.1) is 6.92 Å². The Labute approximate surface area is 121 Å². The minimum absolute atomic E-state index is 0.282. The van der Waals surface area contributed by atoms with Gasteiger partial charge in [0.25, 0.3) is 0 Å². The molecule has 1 aliphatic rings. The van der Waals surface area contributed by atoms with Gasteiger partial charge in [-0.15, -0.1) is 0 Å². The van der Waals surface area contributed by atoms with E-state index in [0.717, 1.165) is 41.8 Å². The maximum atomic E-state index is 5.52. The summed E-state index contributed by atoms with van der Waals surface area (Å²) in [4.78, 5) is 4.24. The van der Waals surface area contributed by atoms with Gasteiger partial charge >= 0.3 is 0 Å². The van der Waals surface area contributed by atoms with Gasteiger partial charge in [-0.1, -0.05) is 0 Å². The predicted molar refractivity (Wildman–Crippen MR) is 79.9 cm³/mol. The highest BCUT2D eigenvalue weighted by Gasteiger charge is 2.15. The number of aryl methyl sites for hydroxylation is 1. The van der Waals surface area contributed by atoms with Crippen molar-refractivity contribution in [3.8, 4) is 0 Å². The summed E-state index contributed by atoms with van der Waals surface area (Å²) >= 11 is 8.63. The zero-order chi connectivity index (χ0) is 13.0. The van der Waals surface area contributed by atoms with Gasteiger partial charge in [-0.05, 0) is 59.5 Å². The van der Waals surface area contributed by atoms with Crippen molar-refractivity contribution in [2.24, 2.45) is 0 Å². The van der Waals surface area contributed by atoms with E-state index in [9.17, 15) is 0 Å². The monoisotopic (exact) mass is 329 g/mol. The smallest absolute Gasteiger partial charge is 0.172 e. The van der Waals surface area contributed by atoms with Crippen molar-refractivity contribution in [1.82, 2.24) is 10.3 Å². The number of anilines is 1. The van der Waals surface area contributed by atoms with E-state index < -0.39 is 0 Å². The molecule has 1 atom stereocenters. The lowest BCUT2D eigenvalue weighted by atomic mass is 10.2. The van der Waals surface area contributed by atoms with Gasteiger partial charge in [-0.3, -0.25) is 0 Å². The first-order valence-electron chi connectivity index (χ1n) is 5.94. The van der Waals surface area contributed by atoms with Gasteiger partial charge in [0.15, 0.2) is 5.11 Å². The lowest BCUT2D eigenvalue weighted by Gasteiger charge is -2.13. The summed E-state index contributed by atoms with van der Waals surface area (Å²) in [5, 5.41) is 6.80. The van der Waals surface area contributed by atoms with Crippen LogP contribution in [-0.2, 0) is 4.74 Å². The Morgan fingerprint density at radius 1 is 1.67 bits per heavy atom. The van der Waals surface area contributed by atoms with Crippen molar-refractivity contribution in [2.45, 2.75) is 25.9 Å². The largest absolute Gasteiger partial charge is 0.376 e. The number of hydrogen-bond acceptors (Lipinski definition) is 3. The molecule has 0 aliphatic carbocycles. The predicted octanol–water partition coefficient (Wildman–Crippen LogP) is 2.62. The van der Waals surface area contributed by atoms with Crippen molar-refractivity contribution < 1.29 is 4.74 Å². The van der Waals surface area contributed by atoms with E-state index >= 15 is 0 Å². The van der Waals surface area contributed by atoms with E-state index in [2.05, 4.69) is 31.5 Å². The quantitative estimate of drug-likeness (QED) is 0.835. The molecule has 2 rings (SSSR count). The van der Waals surface area contributed by atoms with E-state index in [0.29, 0.717) is 5.11 Å². The highest BCUT2D eigenvalue weighted by Crippen LogP contribution is 2.17. The Morgan fingerprint density at radius 2 is 2.50 bits per heavy atom. The second kappa shape index (κ2) is 6.45. The average Bonchev–Trinajstić information content (AvgIpc) is 2.84. The van der Waals surface area contributed by atoms with Crippen molar-refractivity contribution in [3.05, 3.63) is 22.3 Å². The Balaban J connectivity index is 1.80. The average molecular weight is 330 g/mol. The van der Waals surface area contributed by atoms with Crippen LogP contribution < -0.4 is 10.6 Å². The fraction of sp³-hybridized carbons (Fsp3) is 0.500. The van der Waals surface area contributed by atoms with E-state index in [4.69, 9.17) is 17.0 Å². The molecule has 1 aliphatic heterocycles. The first-order chi connectivity index (χ1) is 8.65.